The van der Waals surface area contributed by atoms with Crippen molar-refractivity contribution in [3.05, 3.63) is 81.8 Å². The van der Waals surface area contributed by atoms with E-state index in [1.165, 1.54) is 0 Å². The zero-order valence-electron chi connectivity index (χ0n) is 13.6. The number of aromatic nitrogens is 3. The van der Waals surface area contributed by atoms with Gasteiger partial charge in [0, 0.05) is 27.4 Å². The molecule has 26 heavy (non-hydrogen) atoms. The number of nitrogens with zero attached hydrogens (tertiary/aromatic N) is 2. The summed E-state index contributed by atoms with van der Waals surface area (Å²) in [6.45, 7) is 0. The number of hydrogen-bond donors (Lipinski definition) is 1. The van der Waals surface area contributed by atoms with Gasteiger partial charge in [-0.15, -0.1) is 0 Å². The highest BCUT2D eigenvalue weighted by atomic mass is 35.5. The Morgan fingerprint density at radius 2 is 1.54 bits per heavy atom. The Labute approximate surface area is 159 Å². The van der Waals surface area contributed by atoms with Crippen LogP contribution in [0.4, 0.5) is 0 Å². The maximum atomic E-state index is 6.32. The van der Waals surface area contributed by atoms with Gasteiger partial charge in [-0.1, -0.05) is 47.5 Å². The van der Waals surface area contributed by atoms with Crippen LogP contribution in [0.15, 0.2) is 60.7 Å². The van der Waals surface area contributed by atoms with Crippen molar-refractivity contribution < 1.29 is 0 Å². The van der Waals surface area contributed by atoms with Gasteiger partial charge in [0.05, 0.1) is 11.0 Å². The van der Waals surface area contributed by atoms with Gasteiger partial charge >= 0.3 is 0 Å². The summed E-state index contributed by atoms with van der Waals surface area (Å²) < 4.78 is 0. The van der Waals surface area contributed by atoms with Gasteiger partial charge in [0.15, 0.2) is 5.65 Å². The molecule has 0 aliphatic carbocycles. The SMILES string of the molecule is Clc1cccc(Cl)c1Cc1ccc2[nH]c3nc4ccccc4nc3c2c1. The van der Waals surface area contributed by atoms with Crippen molar-refractivity contribution in [2.24, 2.45) is 0 Å². The molecule has 0 amide bonds. The maximum absolute atomic E-state index is 6.32. The molecule has 0 unspecified atom stereocenters. The average Bonchev–Trinajstić information content (AvgIpc) is 3.00. The molecular formula is C21H13Cl2N3. The third-order valence-electron chi connectivity index (χ3n) is 4.61. The first-order chi connectivity index (χ1) is 12.7. The van der Waals surface area contributed by atoms with E-state index in [4.69, 9.17) is 33.2 Å². The number of halogens is 2. The second-order valence-electron chi connectivity index (χ2n) is 6.29. The number of aromatic amines is 1. The van der Waals surface area contributed by atoms with Crippen molar-refractivity contribution in [2.45, 2.75) is 6.42 Å². The predicted octanol–water partition coefficient (Wildman–Crippen LogP) is 6.16. The molecule has 0 spiro atoms. The molecule has 0 aliphatic rings. The van der Waals surface area contributed by atoms with Crippen LogP contribution in [0.3, 0.4) is 0 Å². The third-order valence-corrected chi connectivity index (χ3v) is 5.31. The second kappa shape index (κ2) is 5.97. The standard InChI is InChI=1S/C21H13Cl2N3/c22-15-4-3-5-16(23)13(15)10-12-8-9-17-14(11-12)20-21(25-17)26-19-7-2-1-6-18(19)24-20/h1-9,11H,10H2,(H,25,26). The van der Waals surface area contributed by atoms with E-state index in [-0.39, 0.29) is 0 Å². The van der Waals surface area contributed by atoms with Crippen LogP contribution < -0.4 is 0 Å². The molecule has 3 nitrogen and oxygen atoms in total. The molecular weight excluding hydrogens is 365 g/mol. The van der Waals surface area contributed by atoms with E-state index in [2.05, 4.69) is 23.2 Å². The monoisotopic (exact) mass is 377 g/mol. The van der Waals surface area contributed by atoms with Gasteiger partial charge in [0.2, 0.25) is 0 Å². The zero-order valence-corrected chi connectivity index (χ0v) is 15.1. The summed E-state index contributed by atoms with van der Waals surface area (Å²) in [4.78, 5) is 12.9. The van der Waals surface area contributed by atoms with Crippen LogP contribution in [0, 0.1) is 0 Å². The molecule has 0 saturated carbocycles. The fourth-order valence-electron chi connectivity index (χ4n) is 3.31. The predicted molar refractivity (Wildman–Crippen MR) is 108 cm³/mol. The molecule has 5 aromatic rings. The Morgan fingerprint density at radius 1 is 0.808 bits per heavy atom. The van der Waals surface area contributed by atoms with Gasteiger partial charge in [-0.3, -0.25) is 0 Å². The average molecular weight is 378 g/mol. The van der Waals surface area contributed by atoms with Crippen molar-refractivity contribution in [3.8, 4) is 0 Å². The molecule has 0 atom stereocenters. The van der Waals surface area contributed by atoms with Crippen LogP contribution in [-0.4, -0.2) is 15.0 Å². The van der Waals surface area contributed by atoms with Gasteiger partial charge in [0.25, 0.3) is 0 Å². The molecule has 5 heteroatoms. The van der Waals surface area contributed by atoms with Crippen molar-refractivity contribution in [2.75, 3.05) is 0 Å². The number of nitrogens with one attached hydrogen (secondary N) is 1. The van der Waals surface area contributed by atoms with Crippen LogP contribution in [0.5, 0.6) is 0 Å². The van der Waals surface area contributed by atoms with E-state index < -0.39 is 0 Å². The Hall–Kier alpha value is -2.62. The number of hydrogen-bond acceptors (Lipinski definition) is 2. The van der Waals surface area contributed by atoms with Gasteiger partial charge in [-0.2, -0.15) is 0 Å². The van der Waals surface area contributed by atoms with E-state index >= 15 is 0 Å². The van der Waals surface area contributed by atoms with Crippen molar-refractivity contribution in [1.29, 1.82) is 0 Å². The highest BCUT2D eigenvalue weighted by molar-refractivity contribution is 6.36. The fourth-order valence-corrected chi connectivity index (χ4v) is 3.85. The lowest BCUT2D eigenvalue weighted by Crippen LogP contribution is -1.91. The Morgan fingerprint density at radius 3 is 2.31 bits per heavy atom. The first-order valence-corrected chi connectivity index (χ1v) is 9.04. The first kappa shape index (κ1) is 15.6. The summed E-state index contributed by atoms with van der Waals surface area (Å²) in [5, 5.41) is 2.42. The minimum absolute atomic E-state index is 0.669. The molecule has 126 valence electrons. The summed E-state index contributed by atoms with van der Waals surface area (Å²) in [6, 6.07) is 19.8. The molecule has 5 rings (SSSR count). The number of fused-ring (bicyclic) bond motifs is 4. The molecule has 3 aromatic carbocycles. The lowest BCUT2D eigenvalue weighted by atomic mass is 10.0. The van der Waals surface area contributed by atoms with E-state index in [0.29, 0.717) is 16.5 Å². The lowest BCUT2D eigenvalue weighted by molar-refractivity contribution is 1.20. The number of rotatable bonds is 2. The van der Waals surface area contributed by atoms with Crippen LogP contribution >= 0.6 is 23.2 Å². The van der Waals surface area contributed by atoms with E-state index in [1.807, 2.05) is 42.5 Å². The van der Waals surface area contributed by atoms with E-state index in [0.717, 1.165) is 44.2 Å². The van der Waals surface area contributed by atoms with Crippen LogP contribution in [0.25, 0.3) is 33.1 Å². The largest absolute Gasteiger partial charge is 0.338 e. The minimum atomic E-state index is 0.669. The molecule has 1 N–H and O–H groups in total. The van der Waals surface area contributed by atoms with Crippen molar-refractivity contribution >= 4 is 56.3 Å². The number of H-pyrrole nitrogens is 1. The Kier molecular flexibility index (Phi) is 3.59. The molecule has 0 fully saturated rings. The molecule has 0 bridgehead atoms. The zero-order chi connectivity index (χ0) is 17.7. The van der Waals surface area contributed by atoms with E-state index in [9.17, 15) is 0 Å². The summed E-state index contributed by atoms with van der Waals surface area (Å²) in [7, 11) is 0. The lowest BCUT2D eigenvalue weighted by Gasteiger charge is -2.07. The molecule has 0 saturated heterocycles. The quantitative estimate of drug-likeness (QED) is 0.400. The Bertz CT molecular complexity index is 1270. The molecule has 2 aromatic heterocycles. The molecule has 2 heterocycles. The van der Waals surface area contributed by atoms with Gasteiger partial charge in [-0.25, -0.2) is 9.97 Å². The van der Waals surface area contributed by atoms with Gasteiger partial charge in [0.1, 0.15) is 5.52 Å². The highest BCUT2D eigenvalue weighted by Crippen LogP contribution is 2.30. The topological polar surface area (TPSA) is 41.6 Å². The number of benzene rings is 3. The van der Waals surface area contributed by atoms with Crippen molar-refractivity contribution in [3.63, 3.8) is 0 Å². The minimum Gasteiger partial charge on any atom is -0.338 e. The second-order valence-corrected chi connectivity index (χ2v) is 7.11. The summed E-state index contributed by atoms with van der Waals surface area (Å²) in [5.41, 5.74) is 6.53. The van der Waals surface area contributed by atoms with Gasteiger partial charge < -0.3 is 4.98 Å². The van der Waals surface area contributed by atoms with Crippen LogP contribution in [0.2, 0.25) is 10.0 Å². The van der Waals surface area contributed by atoms with E-state index in [1.54, 1.807) is 0 Å². The van der Waals surface area contributed by atoms with Crippen LogP contribution in [-0.2, 0) is 6.42 Å². The molecule has 0 radical (unpaired) electrons. The normalized spacial score (nSPS) is 11.6. The van der Waals surface area contributed by atoms with Gasteiger partial charge in [-0.05, 0) is 47.5 Å². The Balaban J connectivity index is 1.68. The summed E-state index contributed by atoms with van der Waals surface area (Å²) in [5.74, 6) is 0. The molecule has 0 aliphatic heterocycles. The fraction of sp³-hybridized carbons (Fsp3) is 0.0476. The highest BCUT2D eigenvalue weighted by Gasteiger charge is 2.11. The number of para-hydroxylation sites is 2. The maximum Gasteiger partial charge on any atom is 0.157 e. The van der Waals surface area contributed by atoms with Crippen LogP contribution in [0.1, 0.15) is 11.1 Å². The summed E-state index contributed by atoms with van der Waals surface area (Å²) >= 11 is 12.6. The third kappa shape index (κ3) is 2.52. The summed E-state index contributed by atoms with van der Waals surface area (Å²) in [6.07, 6.45) is 0.669. The van der Waals surface area contributed by atoms with Crippen molar-refractivity contribution in [1.82, 2.24) is 15.0 Å². The smallest absolute Gasteiger partial charge is 0.157 e. The first-order valence-electron chi connectivity index (χ1n) is 8.29.